The van der Waals surface area contributed by atoms with E-state index in [2.05, 4.69) is 38.2 Å². The van der Waals surface area contributed by atoms with E-state index < -0.39 is 0 Å². The summed E-state index contributed by atoms with van der Waals surface area (Å²) < 4.78 is 11.4. The van der Waals surface area contributed by atoms with Gasteiger partial charge in [0.25, 0.3) is 0 Å². The zero-order valence-electron chi connectivity index (χ0n) is 13.3. The summed E-state index contributed by atoms with van der Waals surface area (Å²) in [6.45, 7) is 10.9. The Morgan fingerprint density at radius 3 is 2.35 bits per heavy atom. The van der Waals surface area contributed by atoms with E-state index in [0.29, 0.717) is 19.3 Å². The lowest BCUT2D eigenvalue weighted by atomic mass is 10.1. The molecule has 0 saturated heterocycles. The molecule has 3 nitrogen and oxygen atoms in total. The third-order valence-electron chi connectivity index (χ3n) is 3.36. The van der Waals surface area contributed by atoms with Gasteiger partial charge in [-0.2, -0.15) is 0 Å². The summed E-state index contributed by atoms with van der Waals surface area (Å²) >= 11 is 0. The Morgan fingerprint density at radius 1 is 1.10 bits per heavy atom. The molecule has 0 aromatic heterocycles. The van der Waals surface area contributed by atoms with E-state index >= 15 is 0 Å². The molecule has 0 spiro atoms. The lowest BCUT2D eigenvalue weighted by Crippen LogP contribution is -2.27. The SMILES string of the molecule is CCCNC(COC(C)CC)c1ccc(OCC)cc1. The number of benzene rings is 1. The fraction of sp³-hybridized carbons (Fsp3) is 0.647. The molecule has 0 radical (unpaired) electrons. The standard InChI is InChI=1S/C17H29NO2/c1-5-12-18-17(13-20-14(4)6-2)15-8-10-16(11-9-15)19-7-3/h8-11,14,17-18H,5-7,12-13H2,1-4H3. The van der Waals surface area contributed by atoms with Crippen LogP contribution in [0.1, 0.15) is 52.1 Å². The van der Waals surface area contributed by atoms with Gasteiger partial charge in [0.1, 0.15) is 5.75 Å². The Hall–Kier alpha value is -1.06. The first-order valence-electron chi connectivity index (χ1n) is 7.78. The van der Waals surface area contributed by atoms with E-state index in [4.69, 9.17) is 9.47 Å². The molecule has 1 N–H and O–H groups in total. The molecule has 0 heterocycles. The van der Waals surface area contributed by atoms with Gasteiger partial charge >= 0.3 is 0 Å². The quantitative estimate of drug-likeness (QED) is 0.703. The Kier molecular flexibility index (Phi) is 8.31. The van der Waals surface area contributed by atoms with Crippen molar-refractivity contribution in [1.82, 2.24) is 5.32 Å². The highest BCUT2D eigenvalue weighted by Crippen LogP contribution is 2.19. The van der Waals surface area contributed by atoms with Crippen LogP contribution in [0.3, 0.4) is 0 Å². The predicted octanol–water partition coefficient (Wildman–Crippen LogP) is 3.94. The summed E-state index contributed by atoms with van der Waals surface area (Å²) in [7, 11) is 0. The molecule has 0 aliphatic carbocycles. The second-order valence-corrected chi connectivity index (χ2v) is 5.06. The lowest BCUT2D eigenvalue weighted by Gasteiger charge is -2.21. The smallest absolute Gasteiger partial charge is 0.119 e. The van der Waals surface area contributed by atoms with Crippen LogP contribution in [0.5, 0.6) is 5.75 Å². The summed E-state index contributed by atoms with van der Waals surface area (Å²) in [5, 5.41) is 3.55. The third kappa shape index (κ3) is 5.93. The van der Waals surface area contributed by atoms with Crippen LogP contribution in [0.15, 0.2) is 24.3 Å². The van der Waals surface area contributed by atoms with Gasteiger partial charge in [-0.3, -0.25) is 0 Å². The molecule has 1 aromatic carbocycles. The minimum Gasteiger partial charge on any atom is -0.494 e. The number of nitrogens with one attached hydrogen (secondary N) is 1. The van der Waals surface area contributed by atoms with E-state index in [-0.39, 0.29) is 6.04 Å². The first-order valence-corrected chi connectivity index (χ1v) is 7.78. The number of hydrogen-bond acceptors (Lipinski definition) is 3. The molecule has 0 aliphatic heterocycles. The zero-order chi connectivity index (χ0) is 14.8. The van der Waals surface area contributed by atoms with Gasteiger partial charge in [0.05, 0.1) is 25.4 Å². The molecule has 2 unspecified atom stereocenters. The van der Waals surface area contributed by atoms with E-state index in [1.165, 1.54) is 5.56 Å². The molecule has 1 rings (SSSR count). The van der Waals surface area contributed by atoms with Gasteiger partial charge in [-0.25, -0.2) is 0 Å². The molecule has 2 atom stereocenters. The van der Waals surface area contributed by atoms with Gasteiger partial charge in [0, 0.05) is 0 Å². The van der Waals surface area contributed by atoms with Crippen LogP contribution < -0.4 is 10.1 Å². The van der Waals surface area contributed by atoms with Crippen molar-refractivity contribution in [1.29, 1.82) is 0 Å². The molecule has 3 heteroatoms. The molecular formula is C17H29NO2. The van der Waals surface area contributed by atoms with Gasteiger partial charge in [-0.1, -0.05) is 26.0 Å². The third-order valence-corrected chi connectivity index (χ3v) is 3.36. The summed E-state index contributed by atoms with van der Waals surface area (Å²) in [5.41, 5.74) is 1.25. The lowest BCUT2D eigenvalue weighted by molar-refractivity contribution is 0.0474. The second-order valence-electron chi connectivity index (χ2n) is 5.06. The van der Waals surface area contributed by atoms with E-state index in [0.717, 1.165) is 25.1 Å². The van der Waals surface area contributed by atoms with Crippen LogP contribution in [-0.2, 0) is 4.74 Å². The highest BCUT2D eigenvalue weighted by Gasteiger charge is 2.12. The van der Waals surface area contributed by atoms with Crippen molar-refractivity contribution in [3.05, 3.63) is 29.8 Å². The monoisotopic (exact) mass is 279 g/mol. The van der Waals surface area contributed by atoms with Crippen molar-refractivity contribution in [2.75, 3.05) is 19.8 Å². The van der Waals surface area contributed by atoms with Crippen LogP contribution >= 0.6 is 0 Å². The van der Waals surface area contributed by atoms with Crippen molar-refractivity contribution in [2.24, 2.45) is 0 Å². The molecule has 1 aromatic rings. The highest BCUT2D eigenvalue weighted by atomic mass is 16.5. The topological polar surface area (TPSA) is 30.5 Å². The molecule has 20 heavy (non-hydrogen) atoms. The number of ether oxygens (including phenoxy) is 2. The van der Waals surface area contributed by atoms with E-state index in [9.17, 15) is 0 Å². The Morgan fingerprint density at radius 2 is 1.80 bits per heavy atom. The Bertz CT molecular complexity index is 351. The van der Waals surface area contributed by atoms with Crippen LogP contribution in [0.25, 0.3) is 0 Å². The van der Waals surface area contributed by atoms with Crippen molar-refractivity contribution < 1.29 is 9.47 Å². The summed E-state index contributed by atoms with van der Waals surface area (Å²) in [5.74, 6) is 0.924. The summed E-state index contributed by atoms with van der Waals surface area (Å²) in [4.78, 5) is 0. The molecule has 0 bridgehead atoms. The van der Waals surface area contributed by atoms with Crippen molar-refractivity contribution in [3.8, 4) is 5.75 Å². The fourth-order valence-electron chi connectivity index (χ4n) is 1.93. The second kappa shape index (κ2) is 9.78. The maximum absolute atomic E-state index is 5.89. The molecular weight excluding hydrogens is 250 g/mol. The van der Waals surface area contributed by atoms with Gasteiger partial charge in [-0.05, 0) is 50.9 Å². The predicted molar refractivity (Wildman–Crippen MR) is 84.4 cm³/mol. The minimum absolute atomic E-state index is 0.250. The average molecular weight is 279 g/mol. The fourth-order valence-corrected chi connectivity index (χ4v) is 1.93. The van der Waals surface area contributed by atoms with Crippen molar-refractivity contribution in [2.45, 2.75) is 52.7 Å². The molecule has 0 aliphatic rings. The largest absolute Gasteiger partial charge is 0.494 e. The van der Waals surface area contributed by atoms with Crippen LogP contribution in [0.4, 0.5) is 0 Å². The van der Waals surface area contributed by atoms with Gasteiger partial charge in [0.15, 0.2) is 0 Å². The van der Waals surface area contributed by atoms with Crippen LogP contribution in [0, 0.1) is 0 Å². The first-order chi connectivity index (χ1) is 9.71. The average Bonchev–Trinajstić information content (AvgIpc) is 2.48. The Labute approximate surface area is 123 Å². The van der Waals surface area contributed by atoms with Gasteiger partial charge in [0.2, 0.25) is 0 Å². The maximum Gasteiger partial charge on any atom is 0.119 e. The van der Waals surface area contributed by atoms with E-state index in [1.807, 2.05) is 19.1 Å². The minimum atomic E-state index is 0.250. The van der Waals surface area contributed by atoms with Crippen LogP contribution in [-0.4, -0.2) is 25.9 Å². The first kappa shape index (κ1) is 17.0. The van der Waals surface area contributed by atoms with Crippen molar-refractivity contribution >= 4 is 0 Å². The normalized spacial score (nSPS) is 14.0. The Balaban J connectivity index is 2.65. The maximum atomic E-state index is 5.89. The summed E-state index contributed by atoms with van der Waals surface area (Å²) in [6, 6.07) is 8.56. The molecule has 114 valence electrons. The molecule has 0 saturated carbocycles. The van der Waals surface area contributed by atoms with E-state index in [1.54, 1.807) is 0 Å². The van der Waals surface area contributed by atoms with Gasteiger partial charge < -0.3 is 14.8 Å². The highest BCUT2D eigenvalue weighted by molar-refractivity contribution is 5.29. The van der Waals surface area contributed by atoms with Gasteiger partial charge in [-0.15, -0.1) is 0 Å². The summed E-state index contributed by atoms with van der Waals surface area (Å²) in [6.07, 6.45) is 2.48. The van der Waals surface area contributed by atoms with Crippen molar-refractivity contribution in [3.63, 3.8) is 0 Å². The zero-order valence-corrected chi connectivity index (χ0v) is 13.3. The number of hydrogen-bond donors (Lipinski definition) is 1. The molecule has 0 fully saturated rings. The van der Waals surface area contributed by atoms with Crippen LogP contribution in [0.2, 0.25) is 0 Å². The molecule has 0 amide bonds. The number of rotatable bonds is 10.